The summed E-state index contributed by atoms with van der Waals surface area (Å²) in [5.41, 5.74) is 0.388. The smallest absolute Gasteiger partial charge is 0.207 e. The molecule has 3 nitrogen and oxygen atoms in total. The van der Waals surface area contributed by atoms with Gasteiger partial charge in [0.2, 0.25) is 10.0 Å². The largest absolute Gasteiger partial charge is 0.241 e. The van der Waals surface area contributed by atoms with Crippen molar-refractivity contribution in [1.82, 2.24) is 4.72 Å². The molecule has 0 saturated carbocycles. The third-order valence-electron chi connectivity index (χ3n) is 2.08. The second-order valence-electron chi connectivity index (χ2n) is 4.82. The van der Waals surface area contributed by atoms with E-state index in [1.165, 1.54) is 0 Å². The lowest BCUT2D eigenvalue weighted by atomic mass is 10.1. The molecule has 4 heteroatoms. The molecule has 0 atom stereocenters. The molecule has 0 fully saturated rings. The molecular weight excluding hydrogens is 270 g/mol. The molecule has 20 heavy (non-hydrogen) atoms. The van der Waals surface area contributed by atoms with Crippen LogP contribution in [0.1, 0.15) is 61.0 Å². The normalized spacial score (nSPS) is 10.8. The lowest BCUT2D eigenvalue weighted by Crippen LogP contribution is -2.40. The molecule has 1 aromatic rings. The van der Waals surface area contributed by atoms with Gasteiger partial charge in [0, 0.05) is 5.54 Å². The number of aryl methyl sites for hydroxylation is 1. The average molecular weight is 301 g/mol. The van der Waals surface area contributed by atoms with Crippen LogP contribution in [0.4, 0.5) is 0 Å². The van der Waals surface area contributed by atoms with Gasteiger partial charge in [-0.3, -0.25) is 0 Å². The first-order valence-electron chi connectivity index (χ1n) is 7.38. The summed E-state index contributed by atoms with van der Waals surface area (Å²) in [6, 6.07) is 7.09. The van der Waals surface area contributed by atoms with E-state index in [-0.39, 0.29) is 0 Å². The van der Waals surface area contributed by atoms with E-state index in [0.717, 1.165) is 5.56 Å². The number of sulfonamides is 1. The van der Waals surface area contributed by atoms with Crippen LogP contribution < -0.4 is 4.72 Å². The van der Waals surface area contributed by atoms with Gasteiger partial charge >= 0.3 is 0 Å². The molecule has 118 valence electrons. The van der Waals surface area contributed by atoms with Crippen LogP contribution in [0.3, 0.4) is 0 Å². The predicted molar refractivity (Wildman–Crippen MR) is 88.6 cm³/mol. The van der Waals surface area contributed by atoms with Crippen LogP contribution in [0.5, 0.6) is 0 Å². The Bertz CT molecular complexity index is 460. The summed E-state index contributed by atoms with van der Waals surface area (Å²) >= 11 is 0. The standard InChI is InChI=1S/C12H19NO2S.2C2H6/c1-5-10-8-6-7-9-11(10)16(14,15)13-12(2,3)4;2*1-2/h6-9,13H,5H2,1-4H3;2*1-2H3. The molecule has 1 rings (SSSR count). The predicted octanol–water partition coefficient (Wildman–Crippen LogP) is 4.38. The van der Waals surface area contributed by atoms with Crippen molar-refractivity contribution in [2.45, 2.75) is 72.2 Å². The highest BCUT2D eigenvalue weighted by Crippen LogP contribution is 2.17. The zero-order valence-corrected chi connectivity index (χ0v) is 15.1. The number of nitrogens with one attached hydrogen (secondary N) is 1. The molecule has 0 saturated heterocycles. The van der Waals surface area contributed by atoms with Crippen molar-refractivity contribution >= 4 is 10.0 Å². The topological polar surface area (TPSA) is 46.2 Å². The molecule has 0 unspecified atom stereocenters. The van der Waals surface area contributed by atoms with Gasteiger partial charge in [0.1, 0.15) is 0 Å². The highest BCUT2D eigenvalue weighted by Gasteiger charge is 2.23. The quantitative estimate of drug-likeness (QED) is 0.900. The Morgan fingerprint density at radius 1 is 1.00 bits per heavy atom. The lowest BCUT2D eigenvalue weighted by Gasteiger charge is -2.21. The SMILES string of the molecule is CC.CC.CCc1ccccc1S(=O)(=O)NC(C)(C)C. The van der Waals surface area contributed by atoms with Crippen LogP contribution in [-0.4, -0.2) is 14.0 Å². The van der Waals surface area contributed by atoms with Gasteiger partial charge in [-0.1, -0.05) is 52.8 Å². The molecule has 0 aliphatic rings. The summed E-state index contributed by atoms with van der Waals surface area (Å²) in [4.78, 5) is 0.382. The summed E-state index contributed by atoms with van der Waals surface area (Å²) in [6.45, 7) is 15.4. The van der Waals surface area contributed by atoms with Gasteiger partial charge in [0.25, 0.3) is 0 Å². The van der Waals surface area contributed by atoms with E-state index < -0.39 is 15.6 Å². The monoisotopic (exact) mass is 301 g/mol. The lowest BCUT2D eigenvalue weighted by molar-refractivity contribution is 0.491. The Hall–Kier alpha value is -0.870. The maximum absolute atomic E-state index is 12.1. The van der Waals surface area contributed by atoms with Crippen molar-refractivity contribution in [3.8, 4) is 0 Å². The zero-order valence-electron chi connectivity index (χ0n) is 14.2. The second kappa shape index (κ2) is 9.94. The molecule has 0 radical (unpaired) electrons. The second-order valence-corrected chi connectivity index (χ2v) is 6.47. The summed E-state index contributed by atoms with van der Waals surface area (Å²) in [7, 11) is -3.41. The van der Waals surface area contributed by atoms with Crippen LogP contribution in [0, 0.1) is 0 Å². The van der Waals surface area contributed by atoms with Gasteiger partial charge in [-0.25, -0.2) is 13.1 Å². The van der Waals surface area contributed by atoms with E-state index >= 15 is 0 Å². The highest BCUT2D eigenvalue weighted by molar-refractivity contribution is 7.89. The van der Waals surface area contributed by atoms with E-state index in [2.05, 4.69) is 4.72 Å². The maximum atomic E-state index is 12.1. The van der Waals surface area contributed by atoms with E-state index in [4.69, 9.17) is 0 Å². The van der Waals surface area contributed by atoms with E-state index in [0.29, 0.717) is 11.3 Å². The van der Waals surface area contributed by atoms with E-state index in [1.807, 2.05) is 67.5 Å². The molecular formula is C16H31NO2S. The van der Waals surface area contributed by atoms with Crippen molar-refractivity contribution in [3.63, 3.8) is 0 Å². The number of rotatable bonds is 3. The summed E-state index contributed by atoms with van der Waals surface area (Å²) < 4.78 is 26.9. The minimum absolute atomic E-state index is 0.382. The van der Waals surface area contributed by atoms with Crippen LogP contribution in [0.2, 0.25) is 0 Å². The minimum Gasteiger partial charge on any atom is -0.207 e. The van der Waals surface area contributed by atoms with Gasteiger partial charge in [-0.2, -0.15) is 0 Å². The van der Waals surface area contributed by atoms with Gasteiger partial charge in [-0.05, 0) is 38.8 Å². The molecule has 1 aromatic carbocycles. The average Bonchev–Trinajstić information content (AvgIpc) is 2.40. The van der Waals surface area contributed by atoms with E-state index in [9.17, 15) is 8.42 Å². The molecule has 0 aromatic heterocycles. The Kier molecular flexibility index (Phi) is 10.7. The van der Waals surface area contributed by atoms with Crippen molar-refractivity contribution in [1.29, 1.82) is 0 Å². The molecule has 0 spiro atoms. The summed E-state index contributed by atoms with van der Waals surface area (Å²) in [5, 5.41) is 0. The first kappa shape index (κ1) is 21.4. The molecule has 0 amide bonds. The maximum Gasteiger partial charge on any atom is 0.241 e. The van der Waals surface area contributed by atoms with Crippen molar-refractivity contribution in [2.24, 2.45) is 0 Å². The third kappa shape index (κ3) is 7.65. The molecule has 0 heterocycles. The molecule has 1 N–H and O–H groups in total. The molecule has 0 aliphatic heterocycles. The fourth-order valence-electron chi connectivity index (χ4n) is 1.52. The first-order chi connectivity index (χ1) is 9.26. The van der Waals surface area contributed by atoms with Crippen molar-refractivity contribution < 1.29 is 8.42 Å². The van der Waals surface area contributed by atoms with Crippen molar-refractivity contribution in [3.05, 3.63) is 29.8 Å². The van der Waals surface area contributed by atoms with Gasteiger partial charge in [0.05, 0.1) is 4.90 Å². The molecule has 0 bridgehead atoms. The molecule has 0 aliphatic carbocycles. The minimum atomic E-state index is -3.41. The van der Waals surface area contributed by atoms with E-state index in [1.54, 1.807) is 12.1 Å². The van der Waals surface area contributed by atoms with Crippen LogP contribution >= 0.6 is 0 Å². The first-order valence-corrected chi connectivity index (χ1v) is 8.86. The fraction of sp³-hybridized carbons (Fsp3) is 0.625. The zero-order chi connectivity index (χ0) is 16.4. The van der Waals surface area contributed by atoms with Gasteiger partial charge in [-0.15, -0.1) is 0 Å². The summed E-state index contributed by atoms with van der Waals surface area (Å²) in [5.74, 6) is 0. The number of hydrogen-bond donors (Lipinski definition) is 1. The van der Waals surface area contributed by atoms with Gasteiger partial charge in [0.15, 0.2) is 0 Å². The van der Waals surface area contributed by atoms with Gasteiger partial charge < -0.3 is 0 Å². The number of hydrogen-bond acceptors (Lipinski definition) is 2. The Labute approximate surface area is 125 Å². The summed E-state index contributed by atoms with van der Waals surface area (Å²) in [6.07, 6.45) is 0.710. The number of benzene rings is 1. The van der Waals surface area contributed by atoms with Crippen LogP contribution in [-0.2, 0) is 16.4 Å². The van der Waals surface area contributed by atoms with Crippen LogP contribution in [0.15, 0.2) is 29.2 Å². The van der Waals surface area contributed by atoms with Crippen LogP contribution in [0.25, 0.3) is 0 Å². The van der Waals surface area contributed by atoms with Crippen molar-refractivity contribution in [2.75, 3.05) is 0 Å². The Morgan fingerprint density at radius 2 is 1.45 bits per heavy atom. The Balaban J connectivity index is 0. The Morgan fingerprint density at radius 3 is 1.85 bits per heavy atom. The third-order valence-corrected chi connectivity index (χ3v) is 3.94. The fourth-order valence-corrected chi connectivity index (χ4v) is 3.25. The highest BCUT2D eigenvalue weighted by atomic mass is 32.2.